The number of aliphatic carboxylic acids is 1. The molecule has 0 bridgehead atoms. The van der Waals surface area contributed by atoms with E-state index in [0.717, 1.165) is 31.8 Å². The summed E-state index contributed by atoms with van der Waals surface area (Å²) in [5.41, 5.74) is 6.17. The van der Waals surface area contributed by atoms with Crippen LogP contribution in [-0.4, -0.2) is 107 Å². The minimum atomic E-state index is -0.880. The normalized spacial score (nSPS) is 12.7. The third-order valence-electron chi connectivity index (χ3n) is 8.49. The lowest BCUT2D eigenvalue weighted by molar-refractivity contribution is -0.138. The van der Waals surface area contributed by atoms with Crippen molar-refractivity contribution >= 4 is 23.6 Å². The van der Waals surface area contributed by atoms with Crippen LogP contribution in [0.1, 0.15) is 149 Å². The Bertz CT molecular complexity index is 722. The molecular formula is C39H78N2O8S. The molecule has 0 aliphatic carbocycles. The third kappa shape index (κ3) is 38.3. The van der Waals surface area contributed by atoms with Crippen LogP contribution in [0.4, 0.5) is 0 Å². The molecule has 0 heterocycles. The molecule has 50 heavy (non-hydrogen) atoms. The molecule has 0 aliphatic rings. The minimum Gasteiger partial charge on any atom is -0.481 e. The second-order valence-electron chi connectivity index (χ2n) is 13.3. The van der Waals surface area contributed by atoms with Gasteiger partial charge < -0.3 is 39.8 Å². The van der Waals surface area contributed by atoms with Gasteiger partial charge in [-0.1, -0.05) is 129 Å². The van der Waals surface area contributed by atoms with Gasteiger partial charge in [0.2, 0.25) is 5.91 Å². The Morgan fingerprint density at radius 1 is 0.580 bits per heavy atom. The van der Waals surface area contributed by atoms with Crippen molar-refractivity contribution in [3.05, 3.63) is 0 Å². The molecule has 298 valence electrons. The van der Waals surface area contributed by atoms with Crippen LogP contribution in [0.25, 0.3) is 0 Å². The van der Waals surface area contributed by atoms with Crippen LogP contribution in [0.3, 0.4) is 0 Å². The fourth-order valence-corrected chi connectivity index (χ4v) is 6.37. The molecular weight excluding hydrogens is 657 g/mol. The van der Waals surface area contributed by atoms with Gasteiger partial charge >= 0.3 is 5.97 Å². The molecule has 0 rings (SSSR count). The Balaban J connectivity index is 4.12. The van der Waals surface area contributed by atoms with Crippen molar-refractivity contribution in [1.29, 1.82) is 0 Å². The third-order valence-corrected chi connectivity index (χ3v) is 9.69. The number of nitrogens with two attached hydrogens (primary N) is 1. The molecule has 1 amide bonds. The maximum Gasteiger partial charge on any atom is 0.305 e. The number of ether oxygens (including phenoxy) is 5. The maximum absolute atomic E-state index is 12.5. The summed E-state index contributed by atoms with van der Waals surface area (Å²) in [4.78, 5) is 22.9. The van der Waals surface area contributed by atoms with E-state index < -0.39 is 12.0 Å². The molecule has 0 aliphatic heterocycles. The molecule has 2 atom stereocenters. The van der Waals surface area contributed by atoms with Crippen LogP contribution in [0.2, 0.25) is 0 Å². The summed E-state index contributed by atoms with van der Waals surface area (Å²) in [6.07, 6.45) is 26.2. The molecule has 0 aromatic rings. The summed E-state index contributed by atoms with van der Waals surface area (Å²) < 4.78 is 28.3. The van der Waals surface area contributed by atoms with Crippen LogP contribution in [-0.2, 0) is 33.3 Å². The second kappa shape index (κ2) is 40.8. The highest BCUT2D eigenvalue weighted by atomic mass is 32.2. The first-order valence-electron chi connectivity index (χ1n) is 20.3. The SMILES string of the molecule is CCCCCCCCCCCCOC[C@H](CSC[C@H](N)C(=O)NCCOCCOCCOCCC(=O)O)OCCCCCCCCCCCC. The number of unbranched alkanes of at least 4 members (excludes halogenated alkanes) is 18. The Morgan fingerprint density at radius 2 is 1.04 bits per heavy atom. The standard InChI is InChI=1S/C39H78N2O8S/c1-3-5-7-9-11-13-15-17-19-21-25-48-33-36(49-26-22-20-18-16-14-12-10-8-6-4-2)34-50-35-37(40)39(44)41-24-28-46-30-32-47-31-29-45-27-23-38(42)43/h36-37H,3-35,40H2,1-2H3,(H,41,44)(H,42,43)/t36-,37+/m1/s1. The van der Waals surface area contributed by atoms with Gasteiger partial charge in [0, 0.05) is 31.3 Å². The maximum atomic E-state index is 12.5. The van der Waals surface area contributed by atoms with Crippen molar-refractivity contribution in [1.82, 2.24) is 5.32 Å². The van der Waals surface area contributed by atoms with Crippen molar-refractivity contribution in [2.24, 2.45) is 5.73 Å². The largest absolute Gasteiger partial charge is 0.481 e. The van der Waals surface area contributed by atoms with E-state index in [1.165, 1.54) is 116 Å². The first-order valence-corrected chi connectivity index (χ1v) is 21.4. The molecule has 0 saturated carbocycles. The van der Waals surface area contributed by atoms with Gasteiger partial charge in [0.05, 0.1) is 64.8 Å². The van der Waals surface area contributed by atoms with Gasteiger partial charge in [-0.05, 0) is 12.8 Å². The topological polar surface area (TPSA) is 139 Å². The van der Waals surface area contributed by atoms with Crippen LogP contribution < -0.4 is 11.1 Å². The van der Waals surface area contributed by atoms with E-state index in [9.17, 15) is 9.59 Å². The van der Waals surface area contributed by atoms with Gasteiger partial charge in [0.1, 0.15) is 0 Å². The molecule has 0 radical (unpaired) electrons. The number of carboxylic acids is 1. The predicted octanol–water partition coefficient (Wildman–Crippen LogP) is 7.93. The van der Waals surface area contributed by atoms with E-state index in [-0.39, 0.29) is 25.0 Å². The molecule has 0 unspecified atom stereocenters. The van der Waals surface area contributed by atoms with Crippen molar-refractivity contribution in [3.8, 4) is 0 Å². The van der Waals surface area contributed by atoms with E-state index >= 15 is 0 Å². The number of nitrogens with one attached hydrogen (secondary N) is 1. The zero-order valence-electron chi connectivity index (χ0n) is 32.3. The van der Waals surface area contributed by atoms with E-state index in [1.54, 1.807) is 11.8 Å². The molecule has 0 fully saturated rings. The highest BCUT2D eigenvalue weighted by molar-refractivity contribution is 7.99. The van der Waals surface area contributed by atoms with Crippen molar-refractivity contribution in [2.75, 3.05) is 77.5 Å². The Morgan fingerprint density at radius 3 is 1.56 bits per heavy atom. The Labute approximate surface area is 310 Å². The minimum absolute atomic E-state index is 0.00358. The Hall–Kier alpha value is -0.950. The highest BCUT2D eigenvalue weighted by Gasteiger charge is 2.16. The van der Waals surface area contributed by atoms with Crippen LogP contribution in [0, 0.1) is 0 Å². The number of amides is 1. The number of hydrogen-bond acceptors (Lipinski definition) is 9. The summed E-state index contributed by atoms with van der Waals surface area (Å²) in [7, 11) is 0. The molecule has 11 heteroatoms. The lowest BCUT2D eigenvalue weighted by Gasteiger charge is -2.19. The first kappa shape index (κ1) is 49.0. The fraction of sp³-hybridized carbons (Fsp3) is 0.949. The molecule has 0 aromatic carbocycles. The predicted molar refractivity (Wildman–Crippen MR) is 207 cm³/mol. The molecule has 0 saturated heterocycles. The van der Waals surface area contributed by atoms with Crippen molar-refractivity contribution < 1.29 is 38.4 Å². The van der Waals surface area contributed by atoms with Gasteiger partial charge in [0.15, 0.2) is 0 Å². The summed E-state index contributed by atoms with van der Waals surface area (Å²) in [6, 6.07) is -0.598. The lowest BCUT2D eigenvalue weighted by Crippen LogP contribution is -2.43. The van der Waals surface area contributed by atoms with Crippen molar-refractivity contribution in [3.63, 3.8) is 0 Å². The molecule has 0 spiro atoms. The number of hydrogen-bond donors (Lipinski definition) is 3. The average molecular weight is 735 g/mol. The smallest absolute Gasteiger partial charge is 0.305 e. The fourth-order valence-electron chi connectivity index (χ4n) is 5.37. The average Bonchev–Trinajstić information content (AvgIpc) is 3.10. The highest BCUT2D eigenvalue weighted by Crippen LogP contribution is 2.14. The monoisotopic (exact) mass is 735 g/mol. The lowest BCUT2D eigenvalue weighted by atomic mass is 10.1. The zero-order valence-corrected chi connectivity index (χ0v) is 33.1. The van der Waals surface area contributed by atoms with Gasteiger partial charge in [-0.25, -0.2) is 0 Å². The number of rotatable bonds is 42. The molecule has 10 nitrogen and oxygen atoms in total. The van der Waals surface area contributed by atoms with Gasteiger partial charge in [0.25, 0.3) is 0 Å². The summed E-state index contributed by atoms with van der Waals surface area (Å²) in [5, 5.41) is 11.4. The Kier molecular flexibility index (Phi) is 40.0. The van der Waals surface area contributed by atoms with E-state index in [2.05, 4.69) is 19.2 Å². The number of carbonyl (C=O) groups excluding carboxylic acids is 1. The summed E-state index contributed by atoms with van der Waals surface area (Å²) in [6.45, 7) is 9.10. The first-order chi connectivity index (χ1) is 24.5. The molecule has 0 aromatic heterocycles. The second-order valence-corrected chi connectivity index (χ2v) is 14.4. The quantitative estimate of drug-likeness (QED) is 0.0530. The number of thioether (sulfide) groups is 1. The van der Waals surface area contributed by atoms with Crippen molar-refractivity contribution in [2.45, 2.75) is 161 Å². The summed E-state index contributed by atoms with van der Waals surface area (Å²) >= 11 is 1.65. The van der Waals surface area contributed by atoms with Crippen LogP contribution in [0.5, 0.6) is 0 Å². The molecule has 4 N–H and O–H groups in total. The van der Waals surface area contributed by atoms with Gasteiger partial charge in [-0.3, -0.25) is 9.59 Å². The number of carbonyl (C=O) groups is 2. The van der Waals surface area contributed by atoms with Crippen LogP contribution in [0.15, 0.2) is 0 Å². The van der Waals surface area contributed by atoms with E-state index in [0.29, 0.717) is 51.9 Å². The number of carboxylic acid groups (broad SMARTS) is 1. The zero-order chi connectivity index (χ0) is 36.6. The van der Waals surface area contributed by atoms with Crippen LogP contribution >= 0.6 is 11.8 Å². The van der Waals surface area contributed by atoms with E-state index in [4.69, 9.17) is 34.5 Å². The van der Waals surface area contributed by atoms with Gasteiger partial charge in [-0.15, -0.1) is 0 Å². The summed E-state index contributed by atoms with van der Waals surface area (Å²) in [5.74, 6) is 0.210. The van der Waals surface area contributed by atoms with E-state index in [1.807, 2.05) is 0 Å². The van der Waals surface area contributed by atoms with Gasteiger partial charge in [-0.2, -0.15) is 11.8 Å².